The van der Waals surface area contributed by atoms with Crippen molar-refractivity contribution in [2.24, 2.45) is 0 Å². The molecule has 0 heterocycles. The van der Waals surface area contributed by atoms with Gasteiger partial charge in [-0.3, -0.25) is 0 Å². The number of allylic oxidation sites excluding steroid dienone is 1. The van der Waals surface area contributed by atoms with Crippen LogP contribution in [0.25, 0.3) is 0 Å². The van der Waals surface area contributed by atoms with E-state index in [2.05, 4.69) is 24.8 Å². The lowest BCUT2D eigenvalue weighted by Crippen LogP contribution is -1.94. The lowest BCUT2D eigenvalue weighted by Gasteiger charge is -2.11. The molecule has 1 aromatic carbocycles. The average Bonchev–Trinajstić information content (AvgIpc) is 3.01. The van der Waals surface area contributed by atoms with Crippen LogP contribution in [-0.4, -0.2) is 0 Å². The molecule has 73 valence electrons. The lowest BCUT2D eigenvalue weighted by molar-refractivity contribution is 1.11. The van der Waals surface area contributed by atoms with Crippen LogP contribution in [0.5, 0.6) is 0 Å². The molecule has 1 aromatic rings. The van der Waals surface area contributed by atoms with Gasteiger partial charge in [0.2, 0.25) is 0 Å². The van der Waals surface area contributed by atoms with Gasteiger partial charge >= 0.3 is 0 Å². The molecular weight excluding hydrogens is 192 g/mol. The molecule has 0 saturated heterocycles. The summed E-state index contributed by atoms with van der Waals surface area (Å²) in [5, 5.41) is 0.924. The van der Waals surface area contributed by atoms with Gasteiger partial charge < -0.3 is 0 Å². The minimum atomic E-state index is 0.708. The van der Waals surface area contributed by atoms with Gasteiger partial charge in [-0.05, 0) is 29.9 Å². The van der Waals surface area contributed by atoms with Crippen LogP contribution in [0.4, 0.5) is 0 Å². The lowest BCUT2D eigenvalue weighted by atomic mass is 9.97. The highest BCUT2D eigenvalue weighted by Crippen LogP contribution is 2.44. The normalized spacial score (nSPS) is 15.9. The van der Waals surface area contributed by atoms with Crippen LogP contribution in [-0.2, 0) is 0 Å². The van der Waals surface area contributed by atoms with E-state index in [0.29, 0.717) is 5.92 Å². The number of halogens is 1. The molecule has 1 fully saturated rings. The predicted octanol–water partition coefficient (Wildman–Crippen LogP) is 4.35. The van der Waals surface area contributed by atoms with E-state index in [1.54, 1.807) is 0 Å². The summed E-state index contributed by atoms with van der Waals surface area (Å²) in [6.45, 7) is 5.82. The monoisotopic (exact) mass is 205 g/mol. The van der Waals surface area contributed by atoms with Gasteiger partial charge in [-0.2, -0.15) is 0 Å². The van der Waals surface area contributed by atoms with Gasteiger partial charge in [0, 0.05) is 10.9 Å². The van der Waals surface area contributed by atoms with E-state index in [1.165, 1.54) is 18.4 Å². The molecule has 2 rings (SSSR count). The fourth-order valence-electron chi connectivity index (χ4n) is 1.67. The van der Waals surface area contributed by atoms with Gasteiger partial charge in [0.1, 0.15) is 0 Å². The Morgan fingerprint density at radius 2 is 2.21 bits per heavy atom. The Balaban J connectivity index is 2.40. The van der Waals surface area contributed by atoms with Crippen molar-refractivity contribution in [3.63, 3.8) is 0 Å². The van der Waals surface area contributed by atoms with E-state index in [0.717, 1.165) is 16.5 Å². The third-order valence-electron chi connectivity index (χ3n) is 2.78. The largest absolute Gasteiger partial charge is 0.102 e. The van der Waals surface area contributed by atoms with Gasteiger partial charge in [-0.25, -0.2) is 0 Å². The first kappa shape index (κ1) is 9.79. The third kappa shape index (κ3) is 1.72. The Labute approximate surface area is 90.6 Å². The Bertz CT molecular complexity index is 350. The first-order valence-electron chi connectivity index (χ1n) is 4.99. The van der Waals surface area contributed by atoms with Crippen molar-refractivity contribution in [2.75, 3.05) is 0 Å². The van der Waals surface area contributed by atoms with Crippen LogP contribution < -0.4 is 0 Å². The van der Waals surface area contributed by atoms with Crippen molar-refractivity contribution in [1.29, 1.82) is 0 Å². The molecule has 0 amide bonds. The average molecular weight is 206 g/mol. The van der Waals surface area contributed by atoms with Gasteiger partial charge in [0.25, 0.3) is 0 Å². The van der Waals surface area contributed by atoms with Gasteiger partial charge in [0.05, 0.1) is 0 Å². The van der Waals surface area contributed by atoms with Crippen LogP contribution >= 0.6 is 11.6 Å². The van der Waals surface area contributed by atoms with E-state index in [1.807, 2.05) is 13.0 Å². The van der Waals surface area contributed by atoms with Crippen LogP contribution in [0.15, 0.2) is 30.9 Å². The molecule has 0 spiro atoms. The second-order valence-electron chi connectivity index (χ2n) is 3.87. The second-order valence-corrected chi connectivity index (χ2v) is 4.25. The topological polar surface area (TPSA) is 0 Å². The maximum atomic E-state index is 6.35. The van der Waals surface area contributed by atoms with E-state index in [4.69, 9.17) is 11.6 Å². The molecule has 0 aromatic heterocycles. The zero-order valence-electron chi connectivity index (χ0n) is 8.39. The molecular formula is C13H14Cl. The minimum Gasteiger partial charge on any atom is -0.102 e. The summed E-state index contributed by atoms with van der Waals surface area (Å²) in [5.41, 5.74) is 2.44. The van der Waals surface area contributed by atoms with Crippen molar-refractivity contribution in [2.45, 2.75) is 25.7 Å². The third-order valence-corrected chi connectivity index (χ3v) is 3.20. The first-order valence-corrected chi connectivity index (χ1v) is 5.36. The van der Waals surface area contributed by atoms with Crippen LogP contribution in [0.2, 0.25) is 5.02 Å². The van der Waals surface area contributed by atoms with Crippen LogP contribution in [0.1, 0.15) is 36.8 Å². The SMILES string of the molecule is C=C[C](C)c1cccc(C2CC2)c1Cl. The zero-order valence-corrected chi connectivity index (χ0v) is 9.14. The summed E-state index contributed by atoms with van der Waals surface area (Å²) in [7, 11) is 0. The zero-order chi connectivity index (χ0) is 10.1. The number of hydrogen-bond donors (Lipinski definition) is 0. The Morgan fingerprint density at radius 1 is 1.50 bits per heavy atom. The molecule has 1 heteroatoms. The number of benzene rings is 1. The Morgan fingerprint density at radius 3 is 2.79 bits per heavy atom. The molecule has 1 radical (unpaired) electrons. The Hall–Kier alpha value is -0.750. The number of rotatable bonds is 3. The molecule has 0 unspecified atom stereocenters. The van der Waals surface area contributed by atoms with E-state index in [9.17, 15) is 0 Å². The molecule has 0 atom stereocenters. The van der Waals surface area contributed by atoms with Gasteiger partial charge in [0.15, 0.2) is 0 Å². The van der Waals surface area contributed by atoms with Gasteiger partial charge in [-0.1, -0.05) is 42.8 Å². The summed E-state index contributed by atoms with van der Waals surface area (Å²) in [5.74, 6) is 1.86. The van der Waals surface area contributed by atoms with Gasteiger partial charge in [-0.15, -0.1) is 6.58 Å². The summed E-state index contributed by atoms with van der Waals surface area (Å²) in [6.07, 6.45) is 4.44. The summed E-state index contributed by atoms with van der Waals surface area (Å²) in [4.78, 5) is 0. The first-order chi connectivity index (χ1) is 6.74. The molecule has 0 bridgehead atoms. The van der Waals surface area contributed by atoms with Crippen molar-refractivity contribution in [3.05, 3.63) is 52.9 Å². The van der Waals surface area contributed by atoms with Crippen molar-refractivity contribution >= 4 is 11.6 Å². The maximum Gasteiger partial charge on any atom is 0.0482 e. The standard InChI is InChI=1S/C13H14Cl/c1-3-9(2)11-5-4-6-12(13(11)14)10-7-8-10/h3-6,10H,1,7-8H2,2H3. The minimum absolute atomic E-state index is 0.708. The second kappa shape index (κ2) is 3.78. The highest BCUT2D eigenvalue weighted by atomic mass is 35.5. The smallest absolute Gasteiger partial charge is 0.0482 e. The molecule has 14 heavy (non-hydrogen) atoms. The summed E-state index contributed by atoms with van der Waals surface area (Å²) >= 11 is 6.35. The fourth-order valence-corrected chi connectivity index (χ4v) is 2.10. The van der Waals surface area contributed by atoms with Crippen molar-refractivity contribution in [1.82, 2.24) is 0 Å². The fraction of sp³-hybridized carbons (Fsp3) is 0.308. The van der Waals surface area contributed by atoms with E-state index >= 15 is 0 Å². The summed E-state index contributed by atoms with van der Waals surface area (Å²) < 4.78 is 0. The highest BCUT2D eigenvalue weighted by Gasteiger charge is 2.26. The molecule has 1 aliphatic rings. The molecule has 0 N–H and O–H groups in total. The molecule has 0 nitrogen and oxygen atoms in total. The number of hydrogen-bond acceptors (Lipinski definition) is 0. The molecule has 1 saturated carbocycles. The molecule has 0 aliphatic heterocycles. The van der Waals surface area contributed by atoms with Crippen LogP contribution in [0, 0.1) is 5.92 Å². The van der Waals surface area contributed by atoms with E-state index < -0.39 is 0 Å². The van der Waals surface area contributed by atoms with E-state index in [-0.39, 0.29) is 0 Å². The molecule has 1 aliphatic carbocycles. The highest BCUT2D eigenvalue weighted by molar-refractivity contribution is 6.32. The van der Waals surface area contributed by atoms with Crippen molar-refractivity contribution in [3.8, 4) is 0 Å². The Kier molecular flexibility index (Phi) is 2.64. The predicted molar refractivity (Wildman–Crippen MR) is 61.6 cm³/mol. The quantitative estimate of drug-likeness (QED) is 0.689. The van der Waals surface area contributed by atoms with Crippen LogP contribution in [0.3, 0.4) is 0 Å². The van der Waals surface area contributed by atoms with Crippen molar-refractivity contribution < 1.29 is 0 Å². The maximum absolute atomic E-state index is 6.35. The summed E-state index contributed by atoms with van der Waals surface area (Å²) in [6, 6.07) is 6.28.